The number of nitrogens with two attached hydrogens (primary N) is 1. The van der Waals surface area contributed by atoms with Crippen molar-refractivity contribution in [3.05, 3.63) is 29.3 Å². The van der Waals surface area contributed by atoms with Crippen molar-refractivity contribution >= 4 is 11.6 Å². The Labute approximate surface area is 120 Å². The first-order chi connectivity index (χ1) is 9.70. The fourth-order valence-corrected chi connectivity index (χ4v) is 2.29. The molecule has 1 heterocycles. The van der Waals surface area contributed by atoms with Crippen molar-refractivity contribution < 1.29 is 22.7 Å². The molecule has 1 aromatic rings. The van der Waals surface area contributed by atoms with Gasteiger partial charge in [0.1, 0.15) is 0 Å². The number of halogens is 3. The van der Waals surface area contributed by atoms with Gasteiger partial charge in [-0.15, -0.1) is 0 Å². The first-order valence-corrected chi connectivity index (χ1v) is 6.59. The van der Waals surface area contributed by atoms with Gasteiger partial charge in [-0.1, -0.05) is 0 Å². The number of hydrogen-bond acceptors (Lipinski definition) is 3. The van der Waals surface area contributed by atoms with Crippen LogP contribution in [-0.2, 0) is 10.9 Å². The topological polar surface area (TPSA) is 55.6 Å². The maximum Gasteiger partial charge on any atom is 0.418 e. The molecule has 1 amide bonds. The molecule has 4 nitrogen and oxygen atoms in total. The van der Waals surface area contributed by atoms with Crippen molar-refractivity contribution in [2.75, 3.05) is 18.9 Å². The fraction of sp³-hybridized carbons (Fsp3) is 0.500. The lowest BCUT2D eigenvalue weighted by Crippen LogP contribution is -2.50. The van der Waals surface area contributed by atoms with Crippen molar-refractivity contribution in [3.8, 4) is 0 Å². The second-order valence-electron chi connectivity index (χ2n) is 5.25. The van der Waals surface area contributed by atoms with Gasteiger partial charge >= 0.3 is 6.18 Å². The lowest BCUT2D eigenvalue weighted by atomic mass is 10.1. The Hall–Kier alpha value is -1.76. The molecule has 0 aromatic heterocycles. The lowest BCUT2D eigenvalue weighted by molar-refractivity contribution is -0.136. The first-order valence-electron chi connectivity index (χ1n) is 6.59. The number of ether oxygens (including phenoxy) is 1. The molecule has 1 fully saturated rings. The van der Waals surface area contributed by atoms with Crippen LogP contribution in [0.2, 0.25) is 0 Å². The number of alkyl halides is 3. The van der Waals surface area contributed by atoms with Crippen molar-refractivity contribution in [1.29, 1.82) is 0 Å². The van der Waals surface area contributed by atoms with E-state index in [4.69, 9.17) is 10.5 Å². The van der Waals surface area contributed by atoms with Crippen LogP contribution >= 0.6 is 0 Å². The number of morpholine rings is 1. The van der Waals surface area contributed by atoms with Gasteiger partial charge in [0.15, 0.2) is 0 Å². The van der Waals surface area contributed by atoms with Gasteiger partial charge in [-0.3, -0.25) is 4.79 Å². The summed E-state index contributed by atoms with van der Waals surface area (Å²) < 4.78 is 44.0. The smallest absolute Gasteiger partial charge is 0.398 e. The predicted molar refractivity (Wildman–Crippen MR) is 71.8 cm³/mol. The summed E-state index contributed by atoms with van der Waals surface area (Å²) in [6, 6.07) is 3.06. The summed E-state index contributed by atoms with van der Waals surface area (Å²) in [4.78, 5) is 13.9. The van der Waals surface area contributed by atoms with Crippen LogP contribution in [0.3, 0.4) is 0 Å². The number of hydrogen-bond donors (Lipinski definition) is 1. The molecular formula is C14H17F3N2O2. The molecule has 2 N–H and O–H groups in total. The Bertz CT molecular complexity index is 546. The summed E-state index contributed by atoms with van der Waals surface area (Å²) in [6.45, 7) is 4.34. The maximum atomic E-state index is 12.8. The molecule has 21 heavy (non-hydrogen) atoms. The number of carbonyl (C=O) groups is 1. The molecule has 0 aliphatic carbocycles. The van der Waals surface area contributed by atoms with Crippen molar-refractivity contribution in [1.82, 2.24) is 4.90 Å². The molecule has 116 valence electrons. The summed E-state index contributed by atoms with van der Waals surface area (Å²) >= 11 is 0. The number of rotatable bonds is 1. The van der Waals surface area contributed by atoms with Gasteiger partial charge in [0.25, 0.3) is 5.91 Å². The summed E-state index contributed by atoms with van der Waals surface area (Å²) in [5, 5.41) is 0. The van der Waals surface area contributed by atoms with E-state index in [1.807, 2.05) is 6.92 Å². The van der Waals surface area contributed by atoms with Crippen molar-refractivity contribution in [2.45, 2.75) is 32.2 Å². The predicted octanol–water partition coefficient (Wildman–Crippen LogP) is 2.54. The van der Waals surface area contributed by atoms with Crippen LogP contribution in [0, 0.1) is 0 Å². The summed E-state index contributed by atoms with van der Waals surface area (Å²) in [6.07, 6.45) is -4.72. The molecule has 1 aliphatic heterocycles. The second kappa shape index (κ2) is 5.55. The third kappa shape index (κ3) is 3.29. The Morgan fingerprint density at radius 1 is 1.38 bits per heavy atom. The zero-order chi connectivity index (χ0) is 15.8. The lowest BCUT2D eigenvalue weighted by Gasteiger charge is -2.37. The minimum absolute atomic E-state index is 0.0162. The highest BCUT2D eigenvalue weighted by atomic mass is 19.4. The molecule has 0 bridgehead atoms. The number of benzene rings is 1. The van der Waals surface area contributed by atoms with E-state index in [-0.39, 0.29) is 23.4 Å². The van der Waals surface area contributed by atoms with Gasteiger partial charge in [-0.25, -0.2) is 0 Å². The van der Waals surface area contributed by atoms with Gasteiger partial charge in [-0.2, -0.15) is 13.2 Å². The van der Waals surface area contributed by atoms with E-state index >= 15 is 0 Å². The zero-order valence-electron chi connectivity index (χ0n) is 11.8. The number of carbonyl (C=O) groups excluding carboxylic acids is 1. The quantitative estimate of drug-likeness (QED) is 0.811. The van der Waals surface area contributed by atoms with E-state index in [0.29, 0.717) is 13.2 Å². The number of nitrogens with zero attached hydrogens (tertiary/aromatic N) is 1. The molecule has 2 unspecified atom stereocenters. The van der Waals surface area contributed by atoms with E-state index in [1.165, 1.54) is 11.0 Å². The number of amides is 1. The van der Waals surface area contributed by atoms with E-state index in [2.05, 4.69) is 0 Å². The van der Waals surface area contributed by atoms with Gasteiger partial charge in [0.2, 0.25) is 0 Å². The number of nitrogen functional groups attached to an aromatic ring is 1. The third-order valence-corrected chi connectivity index (χ3v) is 3.47. The van der Waals surface area contributed by atoms with Crippen LogP contribution in [0.25, 0.3) is 0 Å². The molecular weight excluding hydrogens is 285 g/mol. The monoisotopic (exact) mass is 302 g/mol. The molecule has 1 saturated heterocycles. The van der Waals surface area contributed by atoms with E-state index < -0.39 is 17.6 Å². The highest BCUT2D eigenvalue weighted by Crippen LogP contribution is 2.34. The number of anilines is 1. The van der Waals surface area contributed by atoms with Crippen LogP contribution in [-0.4, -0.2) is 36.1 Å². The van der Waals surface area contributed by atoms with Crippen LogP contribution in [0.1, 0.15) is 29.8 Å². The van der Waals surface area contributed by atoms with Gasteiger partial charge < -0.3 is 15.4 Å². The van der Waals surface area contributed by atoms with E-state index in [9.17, 15) is 18.0 Å². The molecule has 0 spiro atoms. The van der Waals surface area contributed by atoms with Gasteiger partial charge in [0, 0.05) is 17.8 Å². The molecule has 0 radical (unpaired) electrons. The Kier molecular flexibility index (Phi) is 4.13. The van der Waals surface area contributed by atoms with E-state index in [0.717, 1.165) is 12.1 Å². The molecule has 2 atom stereocenters. The van der Waals surface area contributed by atoms with Gasteiger partial charge in [0.05, 0.1) is 24.3 Å². The Balaban J connectivity index is 2.31. The average molecular weight is 302 g/mol. The normalized spacial score (nSPS) is 23.2. The Morgan fingerprint density at radius 2 is 2.05 bits per heavy atom. The summed E-state index contributed by atoms with van der Waals surface area (Å²) in [5.74, 6) is -0.442. The van der Waals surface area contributed by atoms with Crippen molar-refractivity contribution in [3.63, 3.8) is 0 Å². The first kappa shape index (κ1) is 15.6. The molecule has 1 aromatic carbocycles. The Morgan fingerprint density at radius 3 is 2.67 bits per heavy atom. The van der Waals surface area contributed by atoms with Crippen LogP contribution in [0.5, 0.6) is 0 Å². The maximum absolute atomic E-state index is 12.8. The fourth-order valence-electron chi connectivity index (χ4n) is 2.29. The third-order valence-electron chi connectivity index (χ3n) is 3.47. The van der Waals surface area contributed by atoms with Crippen LogP contribution in [0.4, 0.5) is 18.9 Å². The van der Waals surface area contributed by atoms with Gasteiger partial charge in [-0.05, 0) is 32.0 Å². The standard InChI is InChI=1S/C14H17F3N2O2/c1-8-7-21-9(2)6-19(8)13(20)10-3-4-12(18)11(5-10)14(15,16)17/h3-5,8-9H,6-7,18H2,1-2H3. The zero-order valence-corrected chi connectivity index (χ0v) is 11.8. The SMILES string of the molecule is CC1CN(C(=O)c2ccc(N)c(C(F)(F)F)c2)C(C)CO1. The highest BCUT2D eigenvalue weighted by Gasteiger charge is 2.35. The largest absolute Gasteiger partial charge is 0.418 e. The molecule has 1 aliphatic rings. The molecule has 0 saturated carbocycles. The summed E-state index contributed by atoms with van der Waals surface area (Å²) in [5.41, 5.74) is 3.95. The average Bonchev–Trinajstić information content (AvgIpc) is 2.40. The van der Waals surface area contributed by atoms with Crippen LogP contribution in [0.15, 0.2) is 18.2 Å². The molecule has 2 rings (SSSR count). The minimum Gasteiger partial charge on any atom is -0.398 e. The molecule has 7 heteroatoms. The van der Waals surface area contributed by atoms with Crippen LogP contribution < -0.4 is 5.73 Å². The van der Waals surface area contributed by atoms with E-state index in [1.54, 1.807) is 6.92 Å². The second-order valence-corrected chi connectivity index (χ2v) is 5.25. The highest BCUT2D eigenvalue weighted by molar-refractivity contribution is 5.95. The minimum atomic E-state index is -4.58. The van der Waals surface area contributed by atoms with Crippen molar-refractivity contribution in [2.24, 2.45) is 0 Å². The summed E-state index contributed by atoms with van der Waals surface area (Å²) in [7, 11) is 0.